The first-order valence-electron chi connectivity index (χ1n) is 5.77. The maximum absolute atomic E-state index is 11.8. The maximum Gasteiger partial charge on any atom is 0.338 e. The molecule has 0 atom stereocenters. The fourth-order valence-corrected chi connectivity index (χ4v) is 2.03. The van der Waals surface area contributed by atoms with Crippen LogP contribution < -0.4 is 4.74 Å². The number of rotatable bonds is 3. The molecule has 5 nitrogen and oxygen atoms in total. The van der Waals surface area contributed by atoms with Crippen molar-refractivity contribution in [1.29, 1.82) is 0 Å². The Labute approximate surface area is 105 Å². The number of nitrogens with zero attached hydrogens (tertiary/aromatic N) is 2. The van der Waals surface area contributed by atoms with E-state index in [1.54, 1.807) is 30.8 Å². The van der Waals surface area contributed by atoms with Gasteiger partial charge in [-0.2, -0.15) is 5.10 Å². The third-order valence-electron chi connectivity index (χ3n) is 2.82. The Kier molecular flexibility index (Phi) is 3.23. The number of hydrogen-bond acceptors (Lipinski definition) is 4. The topological polar surface area (TPSA) is 53.4 Å². The van der Waals surface area contributed by atoms with Gasteiger partial charge in [-0.15, -0.1) is 0 Å². The van der Waals surface area contributed by atoms with Crippen LogP contribution in [0.4, 0.5) is 0 Å². The number of carbonyl (C=O) groups excluding carboxylic acids is 1. The van der Waals surface area contributed by atoms with Crippen LogP contribution in [0.1, 0.15) is 23.0 Å². The SMILES string of the molecule is CCOC(=O)c1cc(OC)c2c(c1)c(C)nn2C. The lowest BCUT2D eigenvalue weighted by molar-refractivity contribution is 0.0526. The highest BCUT2D eigenvalue weighted by atomic mass is 16.5. The van der Waals surface area contributed by atoms with E-state index in [-0.39, 0.29) is 5.97 Å². The summed E-state index contributed by atoms with van der Waals surface area (Å²) in [7, 11) is 3.42. The van der Waals surface area contributed by atoms with E-state index in [1.165, 1.54) is 0 Å². The Hall–Kier alpha value is -2.04. The number of carbonyl (C=O) groups is 1. The van der Waals surface area contributed by atoms with E-state index in [1.807, 2.05) is 14.0 Å². The number of hydrogen-bond donors (Lipinski definition) is 0. The zero-order chi connectivity index (χ0) is 13.3. The van der Waals surface area contributed by atoms with Crippen LogP contribution in [0.15, 0.2) is 12.1 Å². The number of ether oxygens (including phenoxy) is 2. The molecule has 0 unspecified atom stereocenters. The number of methoxy groups -OCH3 is 1. The van der Waals surface area contributed by atoms with Crippen LogP contribution in [0.25, 0.3) is 10.9 Å². The Balaban J connectivity index is 2.65. The van der Waals surface area contributed by atoms with Gasteiger partial charge < -0.3 is 9.47 Å². The molecule has 0 N–H and O–H groups in total. The van der Waals surface area contributed by atoms with Gasteiger partial charge in [0.25, 0.3) is 0 Å². The van der Waals surface area contributed by atoms with E-state index in [2.05, 4.69) is 5.10 Å². The highest BCUT2D eigenvalue weighted by Crippen LogP contribution is 2.29. The molecule has 0 saturated heterocycles. The summed E-state index contributed by atoms with van der Waals surface area (Å²) in [6, 6.07) is 3.47. The van der Waals surface area contributed by atoms with Crippen molar-refractivity contribution in [2.45, 2.75) is 13.8 Å². The quantitative estimate of drug-likeness (QED) is 0.780. The summed E-state index contributed by atoms with van der Waals surface area (Å²) >= 11 is 0. The van der Waals surface area contributed by atoms with Crippen molar-refractivity contribution in [1.82, 2.24) is 9.78 Å². The van der Waals surface area contributed by atoms with Crippen molar-refractivity contribution < 1.29 is 14.3 Å². The van der Waals surface area contributed by atoms with E-state index in [0.29, 0.717) is 17.9 Å². The van der Waals surface area contributed by atoms with Crippen LogP contribution in [-0.2, 0) is 11.8 Å². The first-order valence-corrected chi connectivity index (χ1v) is 5.77. The molecular formula is C13H16N2O3. The number of esters is 1. The predicted octanol–water partition coefficient (Wildman–Crippen LogP) is 2.07. The van der Waals surface area contributed by atoms with Gasteiger partial charge in [-0.1, -0.05) is 0 Å². The molecule has 5 heteroatoms. The third-order valence-corrected chi connectivity index (χ3v) is 2.82. The largest absolute Gasteiger partial charge is 0.494 e. The van der Waals surface area contributed by atoms with Crippen molar-refractivity contribution in [3.63, 3.8) is 0 Å². The summed E-state index contributed by atoms with van der Waals surface area (Å²) in [4.78, 5) is 11.8. The number of fused-ring (bicyclic) bond motifs is 1. The molecule has 0 radical (unpaired) electrons. The molecule has 0 bridgehead atoms. The van der Waals surface area contributed by atoms with Crippen molar-refractivity contribution in [3.05, 3.63) is 23.4 Å². The van der Waals surface area contributed by atoms with Crippen LogP contribution in [0.3, 0.4) is 0 Å². The molecule has 96 valence electrons. The number of aryl methyl sites for hydroxylation is 2. The lowest BCUT2D eigenvalue weighted by atomic mass is 10.1. The molecule has 0 amide bonds. The van der Waals surface area contributed by atoms with Crippen LogP contribution >= 0.6 is 0 Å². The molecule has 0 fully saturated rings. The summed E-state index contributed by atoms with van der Waals surface area (Å²) in [6.45, 7) is 4.03. The molecule has 0 spiro atoms. The van der Waals surface area contributed by atoms with Crippen molar-refractivity contribution in [2.24, 2.45) is 7.05 Å². The molecule has 1 aromatic heterocycles. The maximum atomic E-state index is 11.8. The van der Waals surface area contributed by atoms with Gasteiger partial charge in [0.15, 0.2) is 0 Å². The Morgan fingerprint density at radius 1 is 1.44 bits per heavy atom. The monoisotopic (exact) mass is 248 g/mol. The molecule has 0 aliphatic heterocycles. The lowest BCUT2D eigenvalue weighted by Gasteiger charge is -2.07. The second kappa shape index (κ2) is 4.68. The molecule has 1 heterocycles. The molecule has 18 heavy (non-hydrogen) atoms. The fourth-order valence-electron chi connectivity index (χ4n) is 2.03. The first-order chi connectivity index (χ1) is 8.58. The van der Waals surface area contributed by atoms with E-state index >= 15 is 0 Å². The normalized spacial score (nSPS) is 10.7. The van der Waals surface area contributed by atoms with Gasteiger partial charge in [0.2, 0.25) is 0 Å². The predicted molar refractivity (Wildman–Crippen MR) is 68.0 cm³/mol. The van der Waals surface area contributed by atoms with E-state index in [0.717, 1.165) is 16.6 Å². The van der Waals surface area contributed by atoms with E-state index in [9.17, 15) is 4.79 Å². The standard InChI is InChI=1S/C13H16N2O3/c1-5-18-13(16)9-6-10-8(2)14-15(3)12(10)11(7-9)17-4/h6-7H,5H2,1-4H3. The molecular weight excluding hydrogens is 232 g/mol. The Bertz CT molecular complexity index is 602. The average molecular weight is 248 g/mol. The summed E-state index contributed by atoms with van der Waals surface area (Å²) in [5, 5.41) is 5.23. The highest BCUT2D eigenvalue weighted by Gasteiger charge is 2.16. The molecule has 0 aliphatic rings. The van der Waals surface area contributed by atoms with Gasteiger partial charge in [-0.25, -0.2) is 4.79 Å². The second-order valence-electron chi connectivity index (χ2n) is 4.00. The van der Waals surface area contributed by atoms with E-state index in [4.69, 9.17) is 9.47 Å². The average Bonchev–Trinajstić information content (AvgIpc) is 2.64. The molecule has 0 saturated carbocycles. The highest BCUT2D eigenvalue weighted by molar-refractivity contribution is 5.98. The van der Waals surface area contributed by atoms with Gasteiger partial charge in [-0.05, 0) is 26.0 Å². The third kappa shape index (κ3) is 1.92. The fraction of sp³-hybridized carbons (Fsp3) is 0.385. The van der Waals surface area contributed by atoms with Crippen molar-refractivity contribution in [2.75, 3.05) is 13.7 Å². The van der Waals surface area contributed by atoms with Crippen LogP contribution in [0, 0.1) is 6.92 Å². The van der Waals surface area contributed by atoms with Gasteiger partial charge in [0.05, 0.1) is 25.0 Å². The molecule has 0 aliphatic carbocycles. The van der Waals surface area contributed by atoms with E-state index < -0.39 is 0 Å². The minimum Gasteiger partial charge on any atom is -0.494 e. The summed E-state index contributed by atoms with van der Waals surface area (Å²) in [6.07, 6.45) is 0. The second-order valence-corrected chi connectivity index (χ2v) is 4.00. The van der Waals surface area contributed by atoms with Crippen LogP contribution in [-0.4, -0.2) is 29.5 Å². The summed E-state index contributed by atoms with van der Waals surface area (Å²) in [5.74, 6) is 0.277. The number of benzene rings is 1. The van der Waals surface area contributed by atoms with Crippen molar-refractivity contribution in [3.8, 4) is 5.75 Å². The Morgan fingerprint density at radius 3 is 2.78 bits per heavy atom. The molecule has 2 rings (SSSR count). The minimum atomic E-state index is -0.346. The zero-order valence-corrected chi connectivity index (χ0v) is 11.0. The minimum absolute atomic E-state index is 0.346. The van der Waals surface area contributed by atoms with Gasteiger partial charge >= 0.3 is 5.97 Å². The van der Waals surface area contributed by atoms with Gasteiger partial charge in [0, 0.05) is 12.4 Å². The van der Waals surface area contributed by atoms with Crippen LogP contribution in [0.5, 0.6) is 5.75 Å². The zero-order valence-electron chi connectivity index (χ0n) is 11.0. The Morgan fingerprint density at radius 2 is 2.17 bits per heavy atom. The first kappa shape index (κ1) is 12.4. The smallest absolute Gasteiger partial charge is 0.338 e. The summed E-state index contributed by atoms with van der Waals surface area (Å²) < 4.78 is 12.1. The van der Waals surface area contributed by atoms with Gasteiger partial charge in [-0.3, -0.25) is 4.68 Å². The molecule has 1 aromatic carbocycles. The summed E-state index contributed by atoms with van der Waals surface area (Å²) in [5.41, 5.74) is 2.22. The number of aromatic nitrogens is 2. The molecule has 2 aromatic rings. The van der Waals surface area contributed by atoms with Crippen LogP contribution in [0.2, 0.25) is 0 Å². The van der Waals surface area contributed by atoms with Crippen molar-refractivity contribution >= 4 is 16.9 Å². The van der Waals surface area contributed by atoms with Gasteiger partial charge in [0.1, 0.15) is 11.3 Å². The lowest BCUT2D eigenvalue weighted by Crippen LogP contribution is -2.05.